The van der Waals surface area contributed by atoms with Crippen molar-refractivity contribution in [2.45, 2.75) is 19.8 Å². The van der Waals surface area contributed by atoms with Gasteiger partial charge in [0.1, 0.15) is 5.75 Å². The summed E-state index contributed by atoms with van der Waals surface area (Å²) in [7, 11) is 0. The van der Waals surface area contributed by atoms with Crippen LogP contribution in [0, 0.1) is 5.92 Å². The Hall–Kier alpha value is -2.31. The Kier molecular flexibility index (Phi) is 5.69. The highest BCUT2D eigenvalue weighted by molar-refractivity contribution is 7.22. The Morgan fingerprint density at radius 3 is 2.86 bits per heavy atom. The predicted octanol–water partition coefficient (Wildman–Crippen LogP) is 5.20. The van der Waals surface area contributed by atoms with Crippen LogP contribution in [0.5, 0.6) is 5.75 Å². The Labute approximate surface area is 173 Å². The number of rotatable bonds is 5. The summed E-state index contributed by atoms with van der Waals surface area (Å²) in [4.78, 5) is 19.5. The van der Waals surface area contributed by atoms with Crippen LogP contribution >= 0.6 is 22.9 Å². The third-order valence-corrected chi connectivity index (χ3v) is 6.11. The summed E-state index contributed by atoms with van der Waals surface area (Å²) in [6.07, 6.45) is 1.63. The average molecular weight is 416 g/mol. The highest BCUT2D eigenvalue weighted by Crippen LogP contribution is 2.31. The number of aromatic nitrogens is 1. The fraction of sp³-hybridized carbons (Fsp3) is 0.333. The molecule has 0 aliphatic carbocycles. The third-order valence-electron chi connectivity index (χ3n) is 4.94. The number of nitrogens with one attached hydrogen (secondary N) is 1. The molecule has 0 radical (unpaired) electrons. The molecule has 1 fully saturated rings. The van der Waals surface area contributed by atoms with Gasteiger partial charge in [0.25, 0.3) is 0 Å². The number of hydrogen-bond acceptors (Lipinski definition) is 5. The van der Waals surface area contributed by atoms with E-state index in [2.05, 4.69) is 21.3 Å². The van der Waals surface area contributed by atoms with E-state index in [-0.39, 0.29) is 11.8 Å². The minimum absolute atomic E-state index is 0.00133. The maximum atomic E-state index is 12.7. The van der Waals surface area contributed by atoms with Crippen molar-refractivity contribution in [3.05, 3.63) is 47.5 Å². The van der Waals surface area contributed by atoms with Gasteiger partial charge in [-0.3, -0.25) is 4.79 Å². The topological polar surface area (TPSA) is 54.5 Å². The zero-order valence-corrected chi connectivity index (χ0v) is 17.2. The first-order chi connectivity index (χ1) is 13.6. The molecule has 1 aliphatic heterocycles. The minimum Gasteiger partial charge on any atom is -0.494 e. The van der Waals surface area contributed by atoms with Gasteiger partial charge < -0.3 is 15.0 Å². The molecule has 7 heteroatoms. The normalized spacial score (nSPS) is 15.0. The number of carbonyl (C=O) groups excluding carboxylic acids is 1. The molecular formula is C21H22ClN3O2S. The van der Waals surface area contributed by atoms with Gasteiger partial charge in [-0.05, 0) is 56.2 Å². The first kappa shape index (κ1) is 19.0. The largest absolute Gasteiger partial charge is 0.494 e. The zero-order valence-electron chi connectivity index (χ0n) is 15.7. The smallest absolute Gasteiger partial charge is 0.229 e. The Morgan fingerprint density at radius 2 is 2.11 bits per heavy atom. The molecule has 1 saturated heterocycles. The van der Waals surface area contributed by atoms with Gasteiger partial charge in [0.2, 0.25) is 5.91 Å². The van der Waals surface area contributed by atoms with Crippen LogP contribution in [0.15, 0.2) is 42.5 Å². The molecular weight excluding hydrogens is 394 g/mol. The second-order valence-corrected chi connectivity index (χ2v) is 8.28. The molecule has 1 aromatic heterocycles. The zero-order chi connectivity index (χ0) is 19.5. The van der Waals surface area contributed by atoms with Gasteiger partial charge in [-0.1, -0.05) is 29.0 Å². The lowest BCUT2D eigenvalue weighted by Crippen LogP contribution is -2.38. The Balaban J connectivity index is 1.37. The molecule has 2 aromatic carbocycles. The number of nitrogens with zero attached hydrogens (tertiary/aromatic N) is 2. The molecule has 0 unspecified atom stereocenters. The maximum absolute atomic E-state index is 12.7. The van der Waals surface area contributed by atoms with E-state index >= 15 is 0 Å². The molecule has 3 aromatic rings. The first-order valence-electron chi connectivity index (χ1n) is 9.47. The van der Waals surface area contributed by atoms with Crippen molar-refractivity contribution >= 4 is 49.9 Å². The molecule has 1 N–H and O–H groups in total. The number of fused-ring (bicyclic) bond motifs is 1. The molecule has 146 valence electrons. The van der Waals surface area contributed by atoms with Crippen LogP contribution in [-0.2, 0) is 4.79 Å². The number of halogens is 1. The second-order valence-electron chi connectivity index (χ2n) is 6.81. The van der Waals surface area contributed by atoms with Crippen LogP contribution in [-0.4, -0.2) is 30.6 Å². The monoisotopic (exact) mass is 415 g/mol. The molecule has 0 atom stereocenters. The number of ether oxygens (including phenoxy) is 1. The number of carbonyl (C=O) groups is 1. The number of benzene rings is 2. The highest BCUT2D eigenvalue weighted by atomic mass is 35.5. The number of thiazole rings is 1. The van der Waals surface area contributed by atoms with Crippen molar-refractivity contribution in [2.75, 3.05) is 29.9 Å². The molecule has 2 heterocycles. The summed E-state index contributed by atoms with van der Waals surface area (Å²) >= 11 is 7.57. The third kappa shape index (κ3) is 4.23. The van der Waals surface area contributed by atoms with Gasteiger partial charge in [0, 0.05) is 29.7 Å². The van der Waals surface area contributed by atoms with Gasteiger partial charge in [0.15, 0.2) is 5.13 Å². The van der Waals surface area contributed by atoms with Gasteiger partial charge in [-0.25, -0.2) is 4.98 Å². The predicted molar refractivity (Wildman–Crippen MR) is 116 cm³/mol. The summed E-state index contributed by atoms with van der Waals surface area (Å²) in [5, 5.41) is 4.39. The van der Waals surface area contributed by atoms with Gasteiger partial charge in [-0.15, -0.1) is 0 Å². The molecule has 4 rings (SSSR count). The molecule has 28 heavy (non-hydrogen) atoms. The summed E-state index contributed by atoms with van der Waals surface area (Å²) in [5.74, 6) is 0.876. The number of amides is 1. The van der Waals surface area contributed by atoms with E-state index in [1.807, 2.05) is 43.3 Å². The van der Waals surface area contributed by atoms with E-state index in [1.54, 1.807) is 0 Å². The summed E-state index contributed by atoms with van der Waals surface area (Å²) in [5.41, 5.74) is 1.99. The van der Waals surface area contributed by atoms with Crippen molar-refractivity contribution in [1.29, 1.82) is 0 Å². The number of piperidine rings is 1. The fourth-order valence-corrected chi connectivity index (χ4v) is 4.58. The van der Waals surface area contributed by atoms with E-state index < -0.39 is 0 Å². The van der Waals surface area contributed by atoms with E-state index in [9.17, 15) is 4.79 Å². The fourth-order valence-electron chi connectivity index (χ4n) is 3.50. The molecule has 5 nitrogen and oxygen atoms in total. The summed E-state index contributed by atoms with van der Waals surface area (Å²) < 4.78 is 6.54. The lowest BCUT2D eigenvalue weighted by molar-refractivity contribution is -0.120. The van der Waals surface area contributed by atoms with E-state index in [1.165, 1.54) is 11.3 Å². The number of anilines is 2. The molecule has 0 bridgehead atoms. The van der Waals surface area contributed by atoms with Crippen molar-refractivity contribution in [1.82, 2.24) is 4.98 Å². The molecule has 1 aliphatic rings. The van der Waals surface area contributed by atoms with Crippen LogP contribution in [0.1, 0.15) is 19.8 Å². The standard InChI is InChI=1S/C21H22ClN3O2S/c1-2-27-17-6-7-18-19(13-17)28-21(23-18)24-20(26)14-8-10-25(11-9-14)16-5-3-4-15(22)12-16/h3-7,12-14H,2,8-11H2,1H3,(H,23,24,26). The minimum atomic E-state index is 0.00133. The molecule has 1 amide bonds. The Morgan fingerprint density at radius 1 is 1.29 bits per heavy atom. The number of hydrogen-bond donors (Lipinski definition) is 1. The van der Waals surface area contributed by atoms with Gasteiger partial charge >= 0.3 is 0 Å². The van der Waals surface area contributed by atoms with Crippen LogP contribution in [0.4, 0.5) is 10.8 Å². The molecule has 0 saturated carbocycles. The van der Waals surface area contributed by atoms with Crippen LogP contribution in [0.2, 0.25) is 5.02 Å². The van der Waals surface area contributed by atoms with Gasteiger partial charge in [-0.2, -0.15) is 0 Å². The van der Waals surface area contributed by atoms with Gasteiger partial charge in [0.05, 0.1) is 16.8 Å². The maximum Gasteiger partial charge on any atom is 0.229 e. The van der Waals surface area contributed by atoms with E-state index in [4.69, 9.17) is 16.3 Å². The van der Waals surface area contributed by atoms with Crippen LogP contribution < -0.4 is 15.0 Å². The summed E-state index contributed by atoms with van der Waals surface area (Å²) in [6.45, 7) is 4.27. The quantitative estimate of drug-likeness (QED) is 0.622. The Bertz CT molecular complexity index is 983. The average Bonchev–Trinajstić information content (AvgIpc) is 3.10. The molecule has 0 spiro atoms. The van der Waals surface area contributed by atoms with Crippen LogP contribution in [0.3, 0.4) is 0 Å². The van der Waals surface area contributed by atoms with Crippen LogP contribution in [0.25, 0.3) is 10.2 Å². The summed E-state index contributed by atoms with van der Waals surface area (Å²) in [6, 6.07) is 13.7. The lowest BCUT2D eigenvalue weighted by atomic mass is 9.95. The SMILES string of the molecule is CCOc1ccc2nc(NC(=O)C3CCN(c4cccc(Cl)c4)CC3)sc2c1. The van der Waals surface area contributed by atoms with E-state index in [0.717, 1.165) is 52.6 Å². The van der Waals surface area contributed by atoms with Crippen molar-refractivity contribution in [2.24, 2.45) is 5.92 Å². The second kappa shape index (κ2) is 8.37. The highest BCUT2D eigenvalue weighted by Gasteiger charge is 2.26. The van der Waals surface area contributed by atoms with Crippen molar-refractivity contribution in [3.8, 4) is 5.75 Å². The first-order valence-corrected chi connectivity index (χ1v) is 10.7. The van der Waals surface area contributed by atoms with Crippen molar-refractivity contribution in [3.63, 3.8) is 0 Å². The van der Waals surface area contributed by atoms with E-state index in [0.29, 0.717) is 11.7 Å². The van der Waals surface area contributed by atoms with Crippen molar-refractivity contribution < 1.29 is 9.53 Å². The lowest BCUT2D eigenvalue weighted by Gasteiger charge is -2.32.